The Hall–Kier alpha value is -2.07. The zero-order chi connectivity index (χ0) is 26.8. The molecule has 1 aromatic heterocycles. The van der Waals surface area contributed by atoms with Gasteiger partial charge in [0, 0.05) is 12.3 Å². The number of fused-ring (bicyclic) bond motifs is 1. The van der Waals surface area contributed by atoms with Crippen molar-refractivity contribution in [1.29, 1.82) is 0 Å². The quantitative estimate of drug-likeness (QED) is 0.415. The first kappa shape index (κ1) is 28.5. The lowest BCUT2D eigenvalue weighted by Gasteiger charge is -2.34. The summed E-state index contributed by atoms with van der Waals surface area (Å²) in [6.07, 6.45) is 2.71. The third kappa shape index (κ3) is 6.43. The molecular weight excluding hydrogens is 466 g/mol. The molecule has 3 heterocycles. The Bertz CT molecular complexity index is 969. The maximum absolute atomic E-state index is 13.2. The van der Waals surface area contributed by atoms with E-state index in [9.17, 15) is 24.9 Å². The van der Waals surface area contributed by atoms with Crippen LogP contribution in [0.5, 0.6) is 0 Å². The molecule has 2 fully saturated rings. The summed E-state index contributed by atoms with van der Waals surface area (Å²) in [7, 11) is 0. The minimum absolute atomic E-state index is 0.0974. The zero-order valence-corrected chi connectivity index (χ0v) is 22.2. The van der Waals surface area contributed by atoms with Gasteiger partial charge < -0.3 is 29.2 Å². The molecule has 3 rings (SSSR count). The third-order valence-electron chi connectivity index (χ3n) is 8.00. The van der Waals surface area contributed by atoms with Gasteiger partial charge in [-0.2, -0.15) is 0 Å². The molecule has 202 valence electrons. The topological polar surface area (TPSA) is 143 Å². The highest BCUT2D eigenvalue weighted by molar-refractivity contribution is 5.88. The van der Waals surface area contributed by atoms with Crippen molar-refractivity contribution >= 4 is 17.8 Å². The van der Waals surface area contributed by atoms with E-state index >= 15 is 0 Å². The van der Waals surface area contributed by atoms with E-state index in [-0.39, 0.29) is 42.3 Å². The molecule has 0 aliphatic carbocycles. The van der Waals surface area contributed by atoms with Crippen molar-refractivity contribution in [2.24, 2.45) is 17.3 Å². The Kier molecular flexibility index (Phi) is 8.81. The average Bonchev–Trinajstić information content (AvgIpc) is 3.23. The molecule has 2 aliphatic rings. The highest BCUT2D eigenvalue weighted by Crippen LogP contribution is 2.45. The fourth-order valence-corrected chi connectivity index (χ4v) is 5.08. The number of ether oxygens (including phenoxy) is 2. The number of aliphatic hydroxyl groups excluding tert-OH is 3. The Labute approximate surface area is 212 Å². The Morgan fingerprint density at radius 3 is 2.56 bits per heavy atom. The van der Waals surface area contributed by atoms with Crippen LogP contribution < -0.4 is 0 Å². The van der Waals surface area contributed by atoms with Gasteiger partial charge in [0.1, 0.15) is 30.5 Å². The molecule has 0 bridgehead atoms. The van der Waals surface area contributed by atoms with Gasteiger partial charge in [0.25, 0.3) is 0 Å². The lowest BCUT2D eigenvalue weighted by Crippen LogP contribution is -2.45. The van der Waals surface area contributed by atoms with E-state index in [1.807, 2.05) is 20.8 Å². The van der Waals surface area contributed by atoms with Crippen molar-refractivity contribution in [3.05, 3.63) is 23.4 Å². The molecule has 0 spiro atoms. The Morgan fingerprint density at radius 1 is 1.22 bits per heavy atom. The van der Waals surface area contributed by atoms with E-state index in [2.05, 4.69) is 4.98 Å². The second-order valence-corrected chi connectivity index (χ2v) is 11.3. The van der Waals surface area contributed by atoms with Crippen molar-refractivity contribution < 1.29 is 38.8 Å². The normalized spacial score (nSPS) is 36.8. The third-order valence-corrected chi connectivity index (χ3v) is 8.00. The molecule has 2 saturated heterocycles. The number of esters is 1. The van der Waals surface area contributed by atoms with Gasteiger partial charge >= 0.3 is 5.97 Å². The molecule has 2 aliphatic heterocycles. The average molecular weight is 508 g/mol. The molecule has 9 heteroatoms. The van der Waals surface area contributed by atoms with Gasteiger partial charge in [-0.3, -0.25) is 9.59 Å². The van der Waals surface area contributed by atoms with Crippen molar-refractivity contribution in [2.45, 2.75) is 110 Å². The summed E-state index contributed by atoms with van der Waals surface area (Å²) in [5.74, 6) is -1.51. The monoisotopic (exact) mass is 507 g/mol. The number of carbonyl (C=O) groups excluding carboxylic acids is 2. The first-order chi connectivity index (χ1) is 16.8. The van der Waals surface area contributed by atoms with Crippen LogP contribution in [0.25, 0.3) is 6.08 Å². The lowest BCUT2D eigenvalue weighted by molar-refractivity contribution is -0.154. The second kappa shape index (κ2) is 11.1. The smallest absolute Gasteiger partial charge is 0.309 e. The first-order valence-electron chi connectivity index (χ1n) is 12.8. The summed E-state index contributed by atoms with van der Waals surface area (Å²) in [6.45, 7) is 10.3. The van der Waals surface area contributed by atoms with Crippen LogP contribution in [0.1, 0.15) is 85.2 Å². The number of hydrogen-bond acceptors (Lipinski definition) is 9. The number of cyclic esters (lactones) is 1. The number of aliphatic hydroxyl groups is 3. The SMILES string of the molecule is C/C(=C\c1coc(CO)n1)[C@@H]1C[C@@H]2O[C@]2(C)CCC[C@H](C)[C@H](O)[C@@H](C)C(=O)C(C)(C)[C@@H](O)CC(=O)O1. The number of nitrogens with zero attached hydrogens (tertiary/aromatic N) is 1. The lowest BCUT2D eigenvalue weighted by atomic mass is 9.73. The van der Waals surface area contributed by atoms with Crippen LogP contribution >= 0.6 is 0 Å². The fourth-order valence-electron chi connectivity index (χ4n) is 5.08. The van der Waals surface area contributed by atoms with Gasteiger partial charge in [0.15, 0.2) is 0 Å². The predicted molar refractivity (Wildman–Crippen MR) is 131 cm³/mol. The summed E-state index contributed by atoms with van der Waals surface area (Å²) in [6, 6.07) is 0. The number of hydrogen-bond donors (Lipinski definition) is 3. The van der Waals surface area contributed by atoms with Crippen LogP contribution in [0.15, 0.2) is 16.3 Å². The van der Waals surface area contributed by atoms with Crippen molar-refractivity contribution in [3.63, 3.8) is 0 Å². The summed E-state index contributed by atoms with van der Waals surface area (Å²) < 4.78 is 17.0. The van der Waals surface area contributed by atoms with Crippen LogP contribution in [0, 0.1) is 17.3 Å². The van der Waals surface area contributed by atoms with Gasteiger partial charge in [-0.05, 0) is 44.3 Å². The predicted octanol–water partition coefficient (Wildman–Crippen LogP) is 3.19. The van der Waals surface area contributed by atoms with E-state index in [0.29, 0.717) is 12.1 Å². The molecule has 0 amide bonds. The molecule has 0 aromatic carbocycles. The maximum Gasteiger partial charge on any atom is 0.309 e. The number of aromatic nitrogens is 1. The van der Waals surface area contributed by atoms with Gasteiger partial charge in [0.05, 0.1) is 35.7 Å². The van der Waals surface area contributed by atoms with Crippen molar-refractivity contribution in [1.82, 2.24) is 4.98 Å². The van der Waals surface area contributed by atoms with Crippen molar-refractivity contribution in [2.75, 3.05) is 0 Å². The van der Waals surface area contributed by atoms with E-state index < -0.39 is 35.6 Å². The number of epoxide rings is 1. The van der Waals surface area contributed by atoms with Gasteiger partial charge in [-0.15, -0.1) is 0 Å². The first-order valence-corrected chi connectivity index (χ1v) is 12.8. The van der Waals surface area contributed by atoms with Gasteiger partial charge in [-0.1, -0.05) is 34.1 Å². The Morgan fingerprint density at radius 2 is 1.92 bits per heavy atom. The number of carbonyl (C=O) groups is 2. The molecule has 0 saturated carbocycles. The largest absolute Gasteiger partial charge is 0.458 e. The standard InChI is InChI=1S/C27H41NO8/c1-15-8-7-9-27(6)21(36-27)11-19(16(2)10-18-14-34-22(13-29)28-18)35-23(31)12-20(30)26(4,5)25(33)17(3)24(15)32/h10,14-15,17,19-21,24,29-30,32H,7-9,11-13H2,1-6H3/b16-10+/t15-,17+,19-,20-,21-,24-,27+/m0/s1. The molecular formula is C27H41NO8. The number of oxazole rings is 1. The van der Waals surface area contributed by atoms with Crippen LogP contribution in [0.4, 0.5) is 0 Å². The van der Waals surface area contributed by atoms with Crippen LogP contribution in [-0.4, -0.2) is 62.1 Å². The fraction of sp³-hybridized carbons (Fsp3) is 0.741. The van der Waals surface area contributed by atoms with E-state index in [1.165, 1.54) is 6.26 Å². The zero-order valence-electron chi connectivity index (χ0n) is 22.2. The molecule has 3 N–H and O–H groups in total. The number of ketones is 1. The number of rotatable bonds is 3. The second-order valence-electron chi connectivity index (χ2n) is 11.3. The molecule has 7 atom stereocenters. The van der Waals surface area contributed by atoms with E-state index in [1.54, 1.807) is 26.8 Å². The summed E-state index contributed by atoms with van der Waals surface area (Å²) in [5, 5.41) is 30.9. The highest BCUT2D eigenvalue weighted by Gasteiger charge is 2.53. The minimum Gasteiger partial charge on any atom is -0.458 e. The molecule has 9 nitrogen and oxygen atoms in total. The Balaban J connectivity index is 1.85. The molecule has 1 aromatic rings. The van der Waals surface area contributed by atoms with Crippen LogP contribution in [-0.2, 0) is 25.7 Å². The summed E-state index contributed by atoms with van der Waals surface area (Å²) in [5.41, 5.74) is -0.383. The number of Topliss-reactive ketones (excluding diaryl/α,β-unsaturated/α-hetero) is 1. The molecule has 0 unspecified atom stereocenters. The van der Waals surface area contributed by atoms with Crippen LogP contribution in [0.3, 0.4) is 0 Å². The van der Waals surface area contributed by atoms with Crippen LogP contribution in [0.2, 0.25) is 0 Å². The molecule has 36 heavy (non-hydrogen) atoms. The maximum atomic E-state index is 13.2. The van der Waals surface area contributed by atoms with Gasteiger partial charge in [0.2, 0.25) is 5.89 Å². The van der Waals surface area contributed by atoms with Gasteiger partial charge in [-0.25, -0.2) is 4.98 Å². The highest BCUT2D eigenvalue weighted by atomic mass is 16.6. The van der Waals surface area contributed by atoms with Crippen molar-refractivity contribution in [3.8, 4) is 0 Å². The summed E-state index contributed by atoms with van der Waals surface area (Å²) in [4.78, 5) is 30.3. The van der Waals surface area contributed by atoms with E-state index in [0.717, 1.165) is 24.8 Å². The summed E-state index contributed by atoms with van der Waals surface area (Å²) >= 11 is 0. The minimum atomic E-state index is -1.27. The van der Waals surface area contributed by atoms with E-state index in [4.69, 9.17) is 13.9 Å². The molecule has 0 radical (unpaired) electrons.